The van der Waals surface area contributed by atoms with Gasteiger partial charge in [0.05, 0.1) is 0 Å². The number of rotatable bonds is 2. The zero-order valence-electron chi connectivity index (χ0n) is 9.06. The first-order valence-electron chi connectivity index (χ1n) is 4.88. The molecule has 4 heteroatoms. The van der Waals surface area contributed by atoms with Crippen molar-refractivity contribution in [1.82, 2.24) is 0 Å². The number of hydrogen-bond donors (Lipinski definition) is 1. The Balaban J connectivity index is 0.00000144. The van der Waals surface area contributed by atoms with E-state index in [0.717, 1.165) is 15.7 Å². The molecule has 3 N–H and O–H groups in total. The summed E-state index contributed by atoms with van der Waals surface area (Å²) in [6, 6.07) is 16.3. The Labute approximate surface area is 113 Å². The maximum absolute atomic E-state index is 8.76. The van der Waals surface area contributed by atoms with E-state index in [4.69, 9.17) is 5.26 Å². The molecule has 0 saturated carbocycles. The molecule has 86 valence electrons. The summed E-state index contributed by atoms with van der Waals surface area (Å²) in [5, 5.41) is 8.76. The van der Waals surface area contributed by atoms with Gasteiger partial charge >= 0.3 is 101 Å². The van der Waals surface area contributed by atoms with Crippen LogP contribution in [0.2, 0.25) is 0 Å². The Hall–Kier alpha value is -1.30. The number of hydrogen-bond acceptors (Lipinski definition) is 1. The molecular weight excluding hydrogens is 299 g/mol. The average molecular weight is 310 g/mol. The molecule has 0 amide bonds. The zero-order valence-corrected chi connectivity index (χ0v) is 11.5. The van der Waals surface area contributed by atoms with Crippen LogP contribution in [0.3, 0.4) is 0 Å². The summed E-state index contributed by atoms with van der Waals surface area (Å²) < 4.78 is 1.07. The van der Waals surface area contributed by atoms with Gasteiger partial charge in [-0.3, -0.25) is 0 Å². The van der Waals surface area contributed by atoms with Crippen molar-refractivity contribution in [2.24, 2.45) is 0 Å². The molecule has 2 rings (SSSR count). The minimum atomic E-state index is -0.137. The molecule has 0 radical (unpaired) electrons. The smallest absolute Gasteiger partial charge is 1.00 e. The molecule has 0 aliphatic heterocycles. The van der Waals surface area contributed by atoms with Crippen LogP contribution in [-0.4, -0.2) is 15.0 Å². The molecule has 0 heterocycles. The van der Waals surface area contributed by atoms with Gasteiger partial charge in [-0.25, -0.2) is 0 Å². The Morgan fingerprint density at radius 2 is 1.71 bits per heavy atom. The van der Waals surface area contributed by atoms with Crippen LogP contribution in [0.5, 0.6) is 0 Å². The van der Waals surface area contributed by atoms with Crippen molar-refractivity contribution in [2.75, 3.05) is 0 Å². The van der Waals surface area contributed by atoms with Crippen LogP contribution in [0.4, 0.5) is 5.69 Å². The van der Waals surface area contributed by atoms with E-state index in [0.29, 0.717) is 0 Å². The fourth-order valence-corrected chi connectivity index (χ4v) is 2.52. The molecule has 0 saturated heterocycles. The maximum atomic E-state index is 8.76. The topological polar surface area (TPSA) is 51.4 Å². The molecule has 0 aliphatic rings. The first-order chi connectivity index (χ1) is 7.81. The van der Waals surface area contributed by atoms with E-state index in [1.165, 1.54) is 5.56 Å². The summed E-state index contributed by atoms with van der Waals surface area (Å²) >= 11 is -0.137. The van der Waals surface area contributed by atoms with Crippen molar-refractivity contribution in [3.05, 3.63) is 48.5 Å². The molecule has 2 nitrogen and oxygen atoms in total. The fourth-order valence-electron chi connectivity index (χ4n) is 1.51. The average Bonchev–Trinajstić information content (AvgIpc) is 2.33. The summed E-state index contributed by atoms with van der Waals surface area (Å²) in [6.07, 6.45) is 0. The van der Waals surface area contributed by atoms with Gasteiger partial charge in [-0.2, -0.15) is 0 Å². The third kappa shape index (κ3) is 3.33. The van der Waals surface area contributed by atoms with Crippen LogP contribution in [0.1, 0.15) is 0 Å². The molecule has 2 aromatic carbocycles. The van der Waals surface area contributed by atoms with Crippen LogP contribution in [0.25, 0.3) is 11.1 Å². The van der Waals surface area contributed by atoms with Crippen LogP contribution < -0.4 is 22.6 Å². The molecular formula is C13H11ClN2Se. The van der Waals surface area contributed by atoms with Gasteiger partial charge in [0, 0.05) is 0 Å². The Bertz CT molecular complexity index is 535. The van der Waals surface area contributed by atoms with Gasteiger partial charge in [0.25, 0.3) is 0 Å². The molecule has 0 aromatic heterocycles. The van der Waals surface area contributed by atoms with Gasteiger partial charge in [0.2, 0.25) is 0 Å². The van der Waals surface area contributed by atoms with Crippen molar-refractivity contribution in [3.8, 4) is 16.1 Å². The van der Waals surface area contributed by atoms with E-state index >= 15 is 0 Å². The van der Waals surface area contributed by atoms with Crippen LogP contribution in [0.15, 0.2) is 48.5 Å². The number of quaternary nitrogens is 1. The van der Waals surface area contributed by atoms with Crippen molar-refractivity contribution in [1.29, 1.82) is 5.26 Å². The molecule has 0 spiro atoms. The summed E-state index contributed by atoms with van der Waals surface area (Å²) in [6.45, 7) is 0. The second kappa shape index (κ2) is 6.44. The van der Waals surface area contributed by atoms with Crippen LogP contribution in [-0.2, 0) is 0 Å². The molecule has 0 unspecified atom stereocenters. The standard InChI is InChI=1S/C13H10N2Se.ClH/c14-9-16-13-8-11(6-7-12(13)15)10-4-2-1-3-5-10;/h1-8H,15H2;1H. The number of nitrogens with zero attached hydrogens (tertiary/aromatic N) is 1. The van der Waals surface area contributed by atoms with Crippen LogP contribution >= 0.6 is 0 Å². The van der Waals surface area contributed by atoms with Gasteiger partial charge in [0.1, 0.15) is 0 Å². The van der Waals surface area contributed by atoms with Gasteiger partial charge in [0.15, 0.2) is 0 Å². The number of halogens is 1. The van der Waals surface area contributed by atoms with Crippen molar-refractivity contribution in [2.45, 2.75) is 0 Å². The predicted molar refractivity (Wildman–Crippen MR) is 65.4 cm³/mol. The Morgan fingerprint density at radius 3 is 2.35 bits per heavy atom. The molecule has 0 fully saturated rings. The minimum absolute atomic E-state index is 0. The SMILES string of the molecule is N#C[Se]c1cc(-c2ccccc2)ccc1[NH3+].[Cl-]. The quantitative estimate of drug-likeness (QED) is 0.644. The second-order valence-corrected chi connectivity index (χ2v) is 5.12. The summed E-state index contributed by atoms with van der Waals surface area (Å²) in [7, 11) is 0. The van der Waals surface area contributed by atoms with E-state index in [-0.39, 0.29) is 27.4 Å². The van der Waals surface area contributed by atoms with Crippen LogP contribution in [0, 0.1) is 10.2 Å². The maximum Gasteiger partial charge on any atom is -1.00 e. The molecule has 17 heavy (non-hydrogen) atoms. The minimum Gasteiger partial charge on any atom is -1.00 e. The third-order valence-electron chi connectivity index (χ3n) is 2.33. The summed E-state index contributed by atoms with van der Waals surface area (Å²) in [5.41, 5.74) is 7.23. The Morgan fingerprint density at radius 1 is 1.00 bits per heavy atom. The normalized spacial score (nSPS) is 9.18. The first kappa shape index (κ1) is 13.8. The molecule has 0 atom stereocenters. The van der Waals surface area contributed by atoms with Crippen molar-refractivity contribution >= 4 is 25.1 Å². The number of nitriles is 1. The van der Waals surface area contributed by atoms with Crippen molar-refractivity contribution < 1.29 is 18.1 Å². The van der Waals surface area contributed by atoms with E-state index in [2.05, 4.69) is 35.0 Å². The fraction of sp³-hybridized carbons (Fsp3) is 0. The first-order valence-corrected chi connectivity index (χ1v) is 6.60. The summed E-state index contributed by atoms with van der Waals surface area (Å²) in [5.74, 6) is 0. The molecule has 0 aliphatic carbocycles. The summed E-state index contributed by atoms with van der Waals surface area (Å²) in [4.78, 5) is 2.23. The van der Waals surface area contributed by atoms with E-state index in [1.54, 1.807) is 0 Å². The van der Waals surface area contributed by atoms with Gasteiger partial charge < -0.3 is 12.4 Å². The zero-order chi connectivity index (χ0) is 11.4. The molecule has 0 bridgehead atoms. The van der Waals surface area contributed by atoms with E-state index in [9.17, 15) is 0 Å². The number of benzene rings is 2. The van der Waals surface area contributed by atoms with Gasteiger partial charge in [-0.1, -0.05) is 0 Å². The second-order valence-electron chi connectivity index (χ2n) is 3.38. The van der Waals surface area contributed by atoms with Crippen molar-refractivity contribution in [3.63, 3.8) is 0 Å². The largest absolute Gasteiger partial charge is 1.00 e. The van der Waals surface area contributed by atoms with Gasteiger partial charge in [-0.05, 0) is 0 Å². The van der Waals surface area contributed by atoms with Gasteiger partial charge in [-0.15, -0.1) is 0 Å². The monoisotopic (exact) mass is 310 g/mol. The Kier molecular flexibility index (Phi) is 5.21. The van der Waals surface area contributed by atoms with E-state index in [1.807, 2.05) is 24.3 Å². The third-order valence-corrected chi connectivity index (χ3v) is 3.78. The predicted octanol–water partition coefficient (Wildman–Crippen LogP) is -1.96. The molecule has 2 aromatic rings. The van der Waals surface area contributed by atoms with E-state index < -0.39 is 0 Å².